The molecule has 0 aliphatic carbocycles. The van der Waals surface area contributed by atoms with E-state index in [2.05, 4.69) is 5.32 Å². The number of halogens is 2. The highest BCUT2D eigenvalue weighted by Crippen LogP contribution is 2.26. The van der Waals surface area contributed by atoms with Crippen LogP contribution in [0.2, 0.25) is 5.02 Å². The molecule has 0 saturated carbocycles. The van der Waals surface area contributed by atoms with Crippen molar-refractivity contribution in [1.82, 2.24) is 5.32 Å². The molecule has 1 aromatic carbocycles. The van der Waals surface area contributed by atoms with E-state index in [0.717, 1.165) is 0 Å². The second kappa shape index (κ2) is 2.94. The zero-order valence-corrected chi connectivity index (χ0v) is 7.74. The van der Waals surface area contributed by atoms with Crippen LogP contribution < -0.4 is 11.1 Å². The standard InChI is InChI=1S/C9H10ClFN2/c10-6-1-2-7(8(11)3-6)9(12)4-13-5-9/h1-3,13H,4-5,12H2. The van der Waals surface area contributed by atoms with Crippen LogP contribution in [0.5, 0.6) is 0 Å². The lowest BCUT2D eigenvalue weighted by Gasteiger charge is -2.39. The first-order valence-electron chi connectivity index (χ1n) is 4.07. The lowest BCUT2D eigenvalue weighted by atomic mass is 9.85. The fraction of sp³-hybridized carbons (Fsp3) is 0.333. The van der Waals surface area contributed by atoms with Gasteiger partial charge in [-0.1, -0.05) is 17.7 Å². The Morgan fingerprint density at radius 1 is 1.46 bits per heavy atom. The van der Waals surface area contributed by atoms with Crippen molar-refractivity contribution in [2.75, 3.05) is 13.1 Å². The number of nitrogens with one attached hydrogen (secondary N) is 1. The highest BCUT2D eigenvalue weighted by atomic mass is 35.5. The van der Waals surface area contributed by atoms with Crippen LogP contribution in [0.3, 0.4) is 0 Å². The third-order valence-electron chi connectivity index (χ3n) is 2.35. The van der Waals surface area contributed by atoms with E-state index in [1.165, 1.54) is 6.07 Å². The van der Waals surface area contributed by atoms with Gasteiger partial charge in [-0.3, -0.25) is 0 Å². The van der Waals surface area contributed by atoms with Gasteiger partial charge in [-0.05, 0) is 12.1 Å². The normalized spacial score (nSPS) is 19.6. The Hall–Kier alpha value is -0.640. The number of nitrogens with two attached hydrogens (primary N) is 1. The van der Waals surface area contributed by atoms with Crippen molar-refractivity contribution in [2.24, 2.45) is 5.73 Å². The van der Waals surface area contributed by atoms with Crippen LogP contribution in [0.1, 0.15) is 5.56 Å². The van der Waals surface area contributed by atoms with Crippen LogP contribution in [0.25, 0.3) is 0 Å². The molecule has 0 radical (unpaired) electrons. The van der Waals surface area contributed by atoms with Gasteiger partial charge in [0.1, 0.15) is 5.82 Å². The maximum Gasteiger partial charge on any atom is 0.129 e. The minimum absolute atomic E-state index is 0.323. The van der Waals surface area contributed by atoms with E-state index in [9.17, 15) is 4.39 Å². The summed E-state index contributed by atoms with van der Waals surface area (Å²) in [4.78, 5) is 0. The molecule has 70 valence electrons. The molecule has 1 fully saturated rings. The summed E-state index contributed by atoms with van der Waals surface area (Å²) in [7, 11) is 0. The third kappa shape index (κ3) is 1.43. The summed E-state index contributed by atoms with van der Waals surface area (Å²) >= 11 is 5.63. The van der Waals surface area contributed by atoms with Gasteiger partial charge >= 0.3 is 0 Å². The predicted molar refractivity (Wildman–Crippen MR) is 50.1 cm³/mol. The lowest BCUT2D eigenvalue weighted by Crippen LogP contribution is -2.63. The summed E-state index contributed by atoms with van der Waals surface area (Å²) in [6, 6.07) is 4.61. The highest BCUT2D eigenvalue weighted by Gasteiger charge is 2.36. The third-order valence-corrected chi connectivity index (χ3v) is 2.58. The van der Waals surface area contributed by atoms with Crippen LogP contribution >= 0.6 is 11.6 Å². The Morgan fingerprint density at radius 2 is 2.15 bits per heavy atom. The number of hydrogen-bond donors (Lipinski definition) is 2. The van der Waals surface area contributed by atoms with Gasteiger partial charge in [0.2, 0.25) is 0 Å². The molecule has 1 aliphatic rings. The highest BCUT2D eigenvalue weighted by molar-refractivity contribution is 6.30. The van der Waals surface area contributed by atoms with Gasteiger partial charge in [-0.25, -0.2) is 4.39 Å². The molecule has 0 spiro atoms. The van der Waals surface area contributed by atoms with Crippen LogP contribution in [0.15, 0.2) is 18.2 Å². The molecular formula is C9H10ClFN2. The summed E-state index contributed by atoms with van der Waals surface area (Å²) in [6.45, 7) is 1.23. The molecule has 13 heavy (non-hydrogen) atoms. The van der Waals surface area contributed by atoms with E-state index >= 15 is 0 Å². The Kier molecular flexibility index (Phi) is 2.02. The molecule has 2 nitrogen and oxygen atoms in total. The topological polar surface area (TPSA) is 38.0 Å². The summed E-state index contributed by atoms with van der Waals surface area (Å²) in [5, 5.41) is 3.42. The minimum Gasteiger partial charge on any atom is -0.319 e. The van der Waals surface area contributed by atoms with E-state index in [-0.39, 0.29) is 5.82 Å². The predicted octanol–water partition coefficient (Wildman–Crippen LogP) is 1.24. The SMILES string of the molecule is NC1(c2ccc(Cl)cc2F)CNC1. The van der Waals surface area contributed by atoms with Gasteiger partial charge in [0.25, 0.3) is 0 Å². The molecule has 1 saturated heterocycles. The minimum atomic E-state index is -0.547. The molecule has 0 atom stereocenters. The van der Waals surface area contributed by atoms with Crippen LogP contribution in [0.4, 0.5) is 4.39 Å². The first kappa shape index (κ1) is 8.94. The van der Waals surface area contributed by atoms with Crippen molar-refractivity contribution in [3.8, 4) is 0 Å². The number of benzene rings is 1. The summed E-state index contributed by atoms with van der Waals surface area (Å²) in [5.41, 5.74) is 5.92. The van der Waals surface area contributed by atoms with Gasteiger partial charge < -0.3 is 11.1 Å². The second-order valence-electron chi connectivity index (χ2n) is 3.38. The van der Waals surface area contributed by atoms with E-state index in [0.29, 0.717) is 23.7 Å². The summed E-state index contributed by atoms with van der Waals surface area (Å²) < 4.78 is 13.4. The van der Waals surface area contributed by atoms with Crippen molar-refractivity contribution in [3.63, 3.8) is 0 Å². The van der Waals surface area contributed by atoms with E-state index in [4.69, 9.17) is 17.3 Å². The molecular weight excluding hydrogens is 191 g/mol. The van der Waals surface area contributed by atoms with E-state index in [1.54, 1.807) is 12.1 Å². The van der Waals surface area contributed by atoms with Crippen molar-refractivity contribution in [1.29, 1.82) is 0 Å². The molecule has 1 heterocycles. The Morgan fingerprint density at radius 3 is 2.62 bits per heavy atom. The molecule has 1 aromatic rings. The molecule has 3 N–H and O–H groups in total. The number of hydrogen-bond acceptors (Lipinski definition) is 2. The molecule has 0 bridgehead atoms. The monoisotopic (exact) mass is 200 g/mol. The second-order valence-corrected chi connectivity index (χ2v) is 3.82. The fourth-order valence-electron chi connectivity index (χ4n) is 1.48. The summed E-state index contributed by atoms with van der Waals surface area (Å²) in [6.07, 6.45) is 0. The first-order valence-corrected chi connectivity index (χ1v) is 4.45. The van der Waals surface area contributed by atoms with Gasteiger partial charge in [0.05, 0.1) is 5.54 Å². The van der Waals surface area contributed by atoms with Crippen LogP contribution in [0, 0.1) is 5.82 Å². The Labute approximate surface area is 80.9 Å². The smallest absolute Gasteiger partial charge is 0.129 e. The van der Waals surface area contributed by atoms with Crippen molar-refractivity contribution in [3.05, 3.63) is 34.6 Å². The molecule has 1 aliphatic heterocycles. The Balaban J connectivity index is 2.40. The maximum absolute atomic E-state index is 13.4. The van der Waals surface area contributed by atoms with E-state index < -0.39 is 5.54 Å². The van der Waals surface area contributed by atoms with Gasteiger partial charge in [0, 0.05) is 23.7 Å². The van der Waals surface area contributed by atoms with Crippen molar-refractivity contribution in [2.45, 2.75) is 5.54 Å². The summed E-state index contributed by atoms with van der Waals surface area (Å²) in [5.74, 6) is -0.323. The van der Waals surface area contributed by atoms with E-state index in [1.807, 2.05) is 0 Å². The maximum atomic E-state index is 13.4. The van der Waals surface area contributed by atoms with Crippen molar-refractivity contribution < 1.29 is 4.39 Å². The number of rotatable bonds is 1. The first-order chi connectivity index (χ1) is 6.12. The van der Waals surface area contributed by atoms with Crippen LogP contribution in [-0.2, 0) is 5.54 Å². The van der Waals surface area contributed by atoms with Gasteiger partial charge in [-0.15, -0.1) is 0 Å². The van der Waals surface area contributed by atoms with Crippen molar-refractivity contribution >= 4 is 11.6 Å². The Bertz CT molecular complexity index is 336. The quantitative estimate of drug-likeness (QED) is 0.716. The van der Waals surface area contributed by atoms with Gasteiger partial charge in [0.15, 0.2) is 0 Å². The molecule has 4 heteroatoms. The lowest BCUT2D eigenvalue weighted by molar-refractivity contribution is 0.277. The van der Waals surface area contributed by atoms with Gasteiger partial charge in [-0.2, -0.15) is 0 Å². The molecule has 0 unspecified atom stereocenters. The van der Waals surface area contributed by atoms with Crippen LogP contribution in [-0.4, -0.2) is 13.1 Å². The average molecular weight is 201 g/mol. The molecule has 0 amide bonds. The largest absolute Gasteiger partial charge is 0.319 e. The molecule has 0 aromatic heterocycles. The average Bonchev–Trinajstić information content (AvgIpc) is 2.00. The molecule has 2 rings (SSSR count). The fourth-order valence-corrected chi connectivity index (χ4v) is 1.64. The zero-order valence-electron chi connectivity index (χ0n) is 6.98. The zero-order chi connectivity index (χ0) is 9.47.